The zero-order chi connectivity index (χ0) is 13.1. The van der Waals surface area contributed by atoms with Gasteiger partial charge in [-0.25, -0.2) is 9.07 Å². The van der Waals surface area contributed by atoms with Crippen molar-refractivity contribution in [2.45, 2.75) is 25.8 Å². The Labute approximate surface area is 110 Å². The van der Waals surface area contributed by atoms with Crippen molar-refractivity contribution in [1.29, 1.82) is 0 Å². The standard InChI is InChI=1S/C12H14ClFN4/c1-2-3-10(15)11-7-18(17-16-11)12-6-8(14)4-5-9(12)13/h4-7,10H,2-3,15H2,1H3. The maximum absolute atomic E-state index is 13.2. The molecule has 2 rings (SSSR count). The zero-order valence-corrected chi connectivity index (χ0v) is 10.7. The van der Waals surface area contributed by atoms with E-state index in [1.165, 1.54) is 22.9 Å². The van der Waals surface area contributed by atoms with Gasteiger partial charge in [-0.05, 0) is 18.6 Å². The predicted octanol–water partition coefficient (Wildman–Crippen LogP) is 2.86. The topological polar surface area (TPSA) is 56.7 Å². The maximum Gasteiger partial charge on any atom is 0.125 e. The average Bonchev–Trinajstić information content (AvgIpc) is 2.82. The fraction of sp³-hybridized carbons (Fsp3) is 0.333. The highest BCUT2D eigenvalue weighted by molar-refractivity contribution is 6.32. The molecule has 0 aliphatic heterocycles. The smallest absolute Gasteiger partial charge is 0.125 e. The first-order valence-corrected chi connectivity index (χ1v) is 6.13. The van der Waals surface area contributed by atoms with Crippen molar-refractivity contribution in [2.24, 2.45) is 5.73 Å². The molecule has 0 radical (unpaired) electrons. The number of rotatable bonds is 4. The summed E-state index contributed by atoms with van der Waals surface area (Å²) in [5, 5.41) is 8.33. The minimum Gasteiger partial charge on any atom is -0.323 e. The monoisotopic (exact) mass is 268 g/mol. The molecule has 0 aliphatic carbocycles. The number of hydrogen-bond donors (Lipinski definition) is 1. The van der Waals surface area contributed by atoms with E-state index in [-0.39, 0.29) is 11.9 Å². The van der Waals surface area contributed by atoms with Crippen LogP contribution in [-0.2, 0) is 0 Å². The van der Waals surface area contributed by atoms with Crippen LogP contribution in [0.25, 0.3) is 5.69 Å². The zero-order valence-electron chi connectivity index (χ0n) is 9.98. The summed E-state index contributed by atoms with van der Waals surface area (Å²) in [5.41, 5.74) is 7.08. The van der Waals surface area contributed by atoms with E-state index in [9.17, 15) is 4.39 Å². The molecule has 2 aromatic rings. The van der Waals surface area contributed by atoms with Gasteiger partial charge < -0.3 is 5.73 Å². The number of nitrogens with zero attached hydrogens (tertiary/aromatic N) is 3. The fourth-order valence-corrected chi connectivity index (χ4v) is 1.89. The molecule has 0 saturated carbocycles. The first-order valence-electron chi connectivity index (χ1n) is 5.75. The van der Waals surface area contributed by atoms with Crippen LogP contribution in [0.2, 0.25) is 5.02 Å². The summed E-state index contributed by atoms with van der Waals surface area (Å²) in [6, 6.07) is 3.94. The van der Waals surface area contributed by atoms with Crippen molar-refractivity contribution in [1.82, 2.24) is 15.0 Å². The van der Waals surface area contributed by atoms with Crippen LogP contribution in [0.5, 0.6) is 0 Å². The van der Waals surface area contributed by atoms with E-state index in [0.717, 1.165) is 12.8 Å². The Morgan fingerprint density at radius 1 is 1.50 bits per heavy atom. The highest BCUT2D eigenvalue weighted by Gasteiger charge is 2.12. The van der Waals surface area contributed by atoms with Crippen LogP contribution in [0.3, 0.4) is 0 Å². The molecular formula is C12H14ClFN4. The summed E-state index contributed by atoms with van der Waals surface area (Å²) in [4.78, 5) is 0. The molecule has 1 heterocycles. The van der Waals surface area contributed by atoms with Crippen LogP contribution < -0.4 is 5.73 Å². The number of hydrogen-bond acceptors (Lipinski definition) is 3. The normalized spacial score (nSPS) is 12.7. The van der Waals surface area contributed by atoms with Crippen LogP contribution in [0.4, 0.5) is 4.39 Å². The van der Waals surface area contributed by atoms with Gasteiger partial charge in [-0.3, -0.25) is 0 Å². The van der Waals surface area contributed by atoms with E-state index in [0.29, 0.717) is 16.4 Å². The summed E-state index contributed by atoms with van der Waals surface area (Å²) in [6.07, 6.45) is 3.48. The Kier molecular flexibility index (Phi) is 3.93. The lowest BCUT2D eigenvalue weighted by Gasteiger charge is -2.05. The van der Waals surface area contributed by atoms with E-state index in [2.05, 4.69) is 10.3 Å². The van der Waals surface area contributed by atoms with Gasteiger partial charge in [0.2, 0.25) is 0 Å². The maximum atomic E-state index is 13.2. The number of aromatic nitrogens is 3. The van der Waals surface area contributed by atoms with Gasteiger partial charge in [0.1, 0.15) is 5.82 Å². The van der Waals surface area contributed by atoms with Crippen molar-refractivity contribution in [2.75, 3.05) is 0 Å². The molecule has 0 spiro atoms. The van der Waals surface area contributed by atoms with Gasteiger partial charge in [-0.15, -0.1) is 5.10 Å². The van der Waals surface area contributed by atoms with Crippen molar-refractivity contribution < 1.29 is 4.39 Å². The summed E-state index contributed by atoms with van der Waals surface area (Å²) >= 11 is 5.99. The minimum atomic E-state index is -0.371. The summed E-state index contributed by atoms with van der Waals surface area (Å²) in [6.45, 7) is 2.05. The van der Waals surface area contributed by atoms with Crippen molar-refractivity contribution in [3.8, 4) is 5.69 Å². The second kappa shape index (κ2) is 5.46. The van der Waals surface area contributed by atoms with Gasteiger partial charge in [0, 0.05) is 6.07 Å². The largest absolute Gasteiger partial charge is 0.323 e. The Morgan fingerprint density at radius 3 is 3.00 bits per heavy atom. The summed E-state index contributed by atoms with van der Waals surface area (Å²) in [5.74, 6) is -0.371. The molecule has 18 heavy (non-hydrogen) atoms. The van der Waals surface area contributed by atoms with Crippen molar-refractivity contribution >= 4 is 11.6 Å². The first-order chi connectivity index (χ1) is 8.61. The van der Waals surface area contributed by atoms with Crippen LogP contribution in [0.15, 0.2) is 24.4 Å². The molecule has 0 fully saturated rings. The van der Waals surface area contributed by atoms with Gasteiger partial charge in [-0.2, -0.15) is 0 Å². The lowest BCUT2D eigenvalue weighted by atomic mass is 10.1. The molecule has 0 saturated heterocycles. The molecule has 1 aromatic carbocycles. The molecule has 1 atom stereocenters. The molecule has 0 bridgehead atoms. The third-order valence-corrected chi connectivity index (χ3v) is 2.97. The second-order valence-electron chi connectivity index (χ2n) is 4.08. The number of benzene rings is 1. The van der Waals surface area contributed by atoms with Crippen LogP contribution in [-0.4, -0.2) is 15.0 Å². The van der Waals surface area contributed by atoms with E-state index >= 15 is 0 Å². The molecule has 0 aliphatic rings. The third-order valence-electron chi connectivity index (χ3n) is 2.65. The van der Waals surface area contributed by atoms with E-state index in [1.54, 1.807) is 6.20 Å². The number of halogens is 2. The molecule has 1 unspecified atom stereocenters. The SMILES string of the molecule is CCCC(N)c1cn(-c2cc(F)ccc2Cl)nn1. The van der Waals surface area contributed by atoms with Gasteiger partial charge in [0.25, 0.3) is 0 Å². The van der Waals surface area contributed by atoms with Gasteiger partial charge in [0.15, 0.2) is 0 Å². The lowest BCUT2D eigenvalue weighted by Crippen LogP contribution is -2.10. The fourth-order valence-electron chi connectivity index (χ4n) is 1.68. The first kappa shape index (κ1) is 13.0. The molecule has 0 amide bonds. The molecule has 96 valence electrons. The number of nitrogens with two attached hydrogens (primary N) is 1. The van der Waals surface area contributed by atoms with Crippen LogP contribution >= 0.6 is 11.6 Å². The highest BCUT2D eigenvalue weighted by atomic mass is 35.5. The van der Waals surface area contributed by atoms with Crippen LogP contribution in [0, 0.1) is 5.82 Å². The Bertz CT molecular complexity index is 541. The quantitative estimate of drug-likeness (QED) is 0.928. The second-order valence-corrected chi connectivity index (χ2v) is 4.49. The van der Waals surface area contributed by atoms with Gasteiger partial charge in [0.05, 0.1) is 28.6 Å². The molecule has 6 heteroatoms. The Morgan fingerprint density at radius 2 is 2.28 bits per heavy atom. The summed E-state index contributed by atoms with van der Waals surface area (Å²) in [7, 11) is 0. The molecule has 1 aromatic heterocycles. The molecule has 4 nitrogen and oxygen atoms in total. The highest BCUT2D eigenvalue weighted by Crippen LogP contribution is 2.22. The van der Waals surface area contributed by atoms with E-state index < -0.39 is 0 Å². The van der Waals surface area contributed by atoms with Crippen LogP contribution in [0.1, 0.15) is 31.5 Å². The Hall–Kier alpha value is -1.46. The summed E-state index contributed by atoms with van der Waals surface area (Å²) < 4.78 is 14.6. The van der Waals surface area contributed by atoms with E-state index in [4.69, 9.17) is 17.3 Å². The lowest BCUT2D eigenvalue weighted by molar-refractivity contribution is 0.619. The molecular weight excluding hydrogens is 255 g/mol. The van der Waals surface area contributed by atoms with Crippen molar-refractivity contribution in [3.63, 3.8) is 0 Å². The predicted molar refractivity (Wildman–Crippen MR) is 68.2 cm³/mol. The Balaban J connectivity index is 2.32. The van der Waals surface area contributed by atoms with Gasteiger partial charge in [-0.1, -0.05) is 30.2 Å². The van der Waals surface area contributed by atoms with E-state index in [1.807, 2.05) is 6.92 Å². The van der Waals surface area contributed by atoms with Gasteiger partial charge >= 0.3 is 0 Å². The molecule has 2 N–H and O–H groups in total. The minimum absolute atomic E-state index is 0.156. The average molecular weight is 269 g/mol. The van der Waals surface area contributed by atoms with Crippen molar-refractivity contribution in [3.05, 3.63) is 40.9 Å². The third kappa shape index (κ3) is 2.68.